The van der Waals surface area contributed by atoms with Gasteiger partial charge >= 0.3 is 6.18 Å². The van der Waals surface area contributed by atoms with Crippen molar-refractivity contribution in [3.8, 4) is 0 Å². The van der Waals surface area contributed by atoms with Gasteiger partial charge in [-0.25, -0.2) is 0 Å². The molecule has 4 nitrogen and oxygen atoms in total. The second kappa shape index (κ2) is 7.59. The Kier molecular flexibility index (Phi) is 5.25. The van der Waals surface area contributed by atoms with E-state index in [1.807, 2.05) is 11.0 Å². The van der Waals surface area contributed by atoms with Crippen LogP contribution >= 0.6 is 0 Å². The highest BCUT2D eigenvalue weighted by atomic mass is 19.4. The highest BCUT2D eigenvalue weighted by Crippen LogP contribution is 2.31. The molecule has 1 aromatic carbocycles. The van der Waals surface area contributed by atoms with Crippen LogP contribution in [0.3, 0.4) is 0 Å². The highest BCUT2D eigenvalue weighted by molar-refractivity contribution is 5.91. The van der Waals surface area contributed by atoms with E-state index in [-0.39, 0.29) is 5.91 Å². The Balaban J connectivity index is 1.59. The van der Waals surface area contributed by atoms with E-state index in [1.54, 1.807) is 35.5 Å². The molecule has 0 saturated carbocycles. The summed E-state index contributed by atoms with van der Waals surface area (Å²) >= 11 is 0. The SMILES string of the molecule is O=C(/C=C/c1cccnc1)N1CCN(c2cccc(C(F)(F)F)c2)CC1. The van der Waals surface area contributed by atoms with E-state index in [0.717, 1.165) is 17.7 Å². The number of anilines is 1. The molecule has 26 heavy (non-hydrogen) atoms. The van der Waals surface area contributed by atoms with Crippen molar-refractivity contribution in [3.05, 3.63) is 66.0 Å². The number of amides is 1. The Labute approximate surface area is 149 Å². The minimum absolute atomic E-state index is 0.113. The molecule has 0 bridgehead atoms. The second-order valence-electron chi connectivity index (χ2n) is 5.98. The summed E-state index contributed by atoms with van der Waals surface area (Å²) < 4.78 is 38.5. The lowest BCUT2D eigenvalue weighted by Crippen LogP contribution is -2.48. The Morgan fingerprint density at radius 3 is 2.50 bits per heavy atom. The van der Waals surface area contributed by atoms with Crippen LogP contribution < -0.4 is 4.90 Å². The van der Waals surface area contributed by atoms with Gasteiger partial charge in [0.2, 0.25) is 5.91 Å². The molecule has 3 rings (SSSR count). The number of carbonyl (C=O) groups excluding carboxylic acids is 1. The van der Waals surface area contributed by atoms with Crippen LogP contribution in [0.4, 0.5) is 18.9 Å². The maximum atomic E-state index is 12.8. The molecule has 0 unspecified atom stereocenters. The molecule has 1 aliphatic heterocycles. The summed E-state index contributed by atoms with van der Waals surface area (Å²) in [6.45, 7) is 1.92. The first-order valence-electron chi connectivity index (χ1n) is 8.23. The van der Waals surface area contributed by atoms with Gasteiger partial charge in [0.25, 0.3) is 0 Å². The minimum Gasteiger partial charge on any atom is -0.368 e. The maximum Gasteiger partial charge on any atom is 0.416 e. The van der Waals surface area contributed by atoms with Crippen molar-refractivity contribution in [3.63, 3.8) is 0 Å². The van der Waals surface area contributed by atoms with Gasteiger partial charge in [0.15, 0.2) is 0 Å². The number of hydrogen-bond acceptors (Lipinski definition) is 3. The summed E-state index contributed by atoms with van der Waals surface area (Å²) in [4.78, 5) is 19.8. The smallest absolute Gasteiger partial charge is 0.368 e. The predicted octanol–water partition coefficient (Wildman–Crippen LogP) is 3.46. The fourth-order valence-corrected chi connectivity index (χ4v) is 2.81. The van der Waals surface area contributed by atoms with Crippen LogP contribution in [0, 0.1) is 0 Å². The molecule has 0 aliphatic carbocycles. The first kappa shape index (κ1) is 18.0. The minimum atomic E-state index is -4.36. The van der Waals surface area contributed by atoms with Crippen LogP contribution in [0.25, 0.3) is 6.08 Å². The summed E-state index contributed by atoms with van der Waals surface area (Å²) in [6.07, 6.45) is 2.16. The fraction of sp³-hybridized carbons (Fsp3) is 0.263. The van der Waals surface area contributed by atoms with Crippen molar-refractivity contribution >= 4 is 17.7 Å². The van der Waals surface area contributed by atoms with Gasteiger partial charge in [-0.05, 0) is 35.9 Å². The number of piperazine rings is 1. The van der Waals surface area contributed by atoms with Gasteiger partial charge < -0.3 is 9.80 Å². The van der Waals surface area contributed by atoms with Gasteiger partial charge in [-0.2, -0.15) is 13.2 Å². The molecule has 0 spiro atoms. The van der Waals surface area contributed by atoms with Crippen LogP contribution in [-0.4, -0.2) is 42.0 Å². The molecule has 136 valence electrons. The number of halogens is 3. The van der Waals surface area contributed by atoms with E-state index in [9.17, 15) is 18.0 Å². The molecule has 2 aromatic rings. The summed E-state index contributed by atoms with van der Waals surface area (Å²) in [5.41, 5.74) is 0.703. The molecular formula is C19H18F3N3O. The van der Waals surface area contributed by atoms with Crippen molar-refractivity contribution in [2.24, 2.45) is 0 Å². The summed E-state index contributed by atoms with van der Waals surface area (Å²) in [5.74, 6) is -0.113. The van der Waals surface area contributed by atoms with E-state index >= 15 is 0 Å². The van der Waals surface area contributed by atoms with Crippen LogP contribution in [-0.2, 0) is 11.0 Å². The van der Waals surface area contributed by atoms with Crippen LogP contribution in [0.5, 0.6) is 0 Å². The first-order valence-corrected chi connectivity index (χ1v) is 8.23. The van der Waals surface area contributed by atoms with Gasteiger partial charge in [-0.3, -0.25) is 9.78 Å². The molecule has 7 heteroatoms. The topological polar surface area (TPSA) is 36.4 Å². The molecule has 0 N–H and O–H groups in total. The molecule has 1 fully saturated rings. The van der Waals surface area contributed by atoms with Crippen LogP contribution in [0.2, 0.25) is 0 Å². The van der Waals surface area contributed by atoms with E-state index in [2.05, 4.69) is 4.98 Å². The lowest BCUT2D eigenvalue weighted by molar-refractivity contribution is -0.137. The molecule has 1 aromatic heterocycles. The van der Waals surface area contributed by atoms with Gasteiger partial charge in [0.1, 0.15) is 0 Å². The van der Waals surface area contributed by atoms with Crippen molar-refractivity contribution in [2.75, 3.05) is 31.1 Å². The van der Waals surface area contributed by atoms with Crippen molar-refractivity contribution in [1.82, 2.24) is 9.88 Å². The van der Waals surface area contributed by atoms with E-state index in [4.69, 9.17) is 0 Å². The molecular weight excluding hydrogens is 343 g/mol. The molecule has 1 amide bonds. The maximum absolute atomic E-state index is 12.8. The van der Waals surface area contributed by atoms with Crippen molar-refractivity contribution in [1.29, 1.82) is 0 Å². The quantitative estimate of drug-likeness (QED) is 0.786. The highest BCUT2D eigenvalue weighted by Gasteiger charge is 2.31. The number of pyridine rings is 1. The average molecular weight is 361 g/mol. The average Bonchev–Trinajstić information content (AvgIpc) is 2.66. The zero-order valence-electron chi connectivity index (χ0n) is 14.0. The van der Waals surface area contributed by atoms with Gasteiger partial charge in [0.05, 0.1) is 5.56 Å². The zero-order valence-corrected chi connectivity index (χ0v) is 14.0. The molecule has 1 saturated heterocycles. The Hall–Kier alpha value is -2.83. The summed E-state index contributed by atoms with van der Waals surface area (Å²) in [5, 5.41) is 0. The Morgan fingerprint density at radius 2 is 1.85 bits per heavy atom. The van der Waals surface area contributed by atoms with Crippen LogP contribution in [0.1, 0.15) is 11.1 Å². The zero-order chi connectivity index (χ0) is 18.6. The monoisotopic (exact) mass is 361 g/mol. The second-order valence-corrected chi connectivity index (χ2v) is 5.98. The largest absolute Gasteiger partial charge is 0.416 e. The number of hydrogen-bond donors (Lipinski definition) is 0. The number of carbonyl (C=O) groups is 1. The van der Waals surface area contributed by atoms with E-state index in [0.29, 0.717) is 31.9 Å². The van der Waals surface area contributed by atoms with Crippen molar-refractivity contribution < 1.29 is 18.0 Å². The summed E-state index contributed by atoms with van der Waals surface area (Å²) in [7, 11) is 0. The van der Waals surface area contributed by atoms with E-state index < -0.39 is 11.7 Å². The third-order valence-electron chi connectivity index (χ3n) is 4.23. The number of benzene rings is 1. The number of alkyl halides is 3. The summed E-state index contributed by atoms with van der Waals surface area (Å²) in [6, 6.07) is 8.92. The number of aromatic nitrogens is 1. The van der Waals surface area contributed by atoms with E-state index in [1.165, 1.54) is 12.1 Å². The number of rotatable bonds is 3. The van der Waals surface area contributed by atoms with Crippen molar-refractivity contribution in [2.45, 2.75) is 6.18 Å². The normalized spacial score (nSPS) is 15.5. The standard InChI is InChI=1S/C19H18F3N3O/c20-19(21,22)16-4-1-5-17(13-16)24-9-11-25(12-10-24)18(26)7-6-15-3-2-8-23-14-15/h1-8,13-14H,9-12H2/b7-6+. The molecule has 0 atom stereocenters. The molecule has 1 aliphatic rings. The fourth-order valence-electron chi connectivity index (χ4n) is 2.81. The predicted molar refractivity (Wildman–Crippen MR) is 93.5 cm³/mol. The molecule has 0 radical (unpaired) electrons. The lowest BCUT2D eigenvalue weighted by atomic mass is 10.1. The van der Waals surface area contributed by atoms with Gasteiger partial charge in [0, 0.05) is 50.3 Å². The number of nitrogens with zero attached hydrogens (tertiary/aromatic N) is 3. The lowest BCUT2D eigenvalue weighted by Gasteiger charge is -2.35. The third kappa shape index (κ3) is 4.41. The third-order valence-corrected chi connectivity index (χ3v) is 4.23. The Bertz CT molecular complexity index is 782. The first-order chi connectivity index (χ1) is 12.4. The van der Waals surface area contributed by atoms with Crippen LogP contribution in [0.15, 0.2) is 54.9 Å². The Morgan fingerprint density at radius 1 is 1.08 bits per heavy atom. The molecule has 2 heterocycles. The van der Waals surface area contributed by atoms with Gasteiger partial charge in [-0.15, -0.1) is 0 Å². The van der Waals surface area contributed by atoms with Gasteiger partial charge in [-0.1, -0.05) is 12.1 Å².